The molecule has 0 saturated carbocycles. The number of ether oxygens (including phenoxy) is 1. The van der Waals surface area contributed by atoms with Crippen LogP contribution in [0.1, 0.15) is 5.56 Å². The second-order valence-corrected chi connectivity index (χ2v) is 9.25. The largest absolute Gasteiger partial charge is 0.455 e. The SMILES string of the molecule is Cc1ccc(NC(=O)COC(=O)CSc2ccccc2)cc1S(=O)(=O)N(C)C. The average Bonchev–Trinajstić information content (AvgIpc) is 2.66. The number of esters is 1. The van der Waals surface area contributed by atoms with Gasteiger partial charge in [0, 0.05) is 24.7 Å². The van der Waals surface area contributed by atoms with Crippen molar-refractivity contribution < 1.29 is 22.7 Å². The summed E-state index contributed by atoms with van der Waals surface area (Å²) in [6, 6.07) is 14.0. The highest BCUT2D eigenvalue weighted by molar-refractivity contribution is 8.00. The van der Waals surface area contributed by atoms with E-state index < -0.39 is 28.5 Å². The maximum atomic E-state index is 12.3. The maximum Gasteiger partial charge on any atom is 0.316 e. The predicted molar refractivity (Wildman–Crippen MR) is 109 cm³/mol. The molecule has 0 unspecified atom stereocenters. The molecule has 0 aliphatic heterocycles. The van der Waals surface area contributed by atoms with E-state index in [0.29, 0.717) is 11.3 Å². The summed E-state index contributed by atoms with van der Waals surface area (Å²) >= 11 is 1.32. The molecule has 2 aromatic rings. The molecule has 2 aromatic carbocycles. The summed E-state index contributed by atoms with van der Waals surface area (Å²) in [7, 11) is -0.757. The third-order valence-electron chi connectivity index (χ3n) is 3.69. The molecular formula is C19H22N2O5S2. The van der Waals surface area contributed by atoms with Gasteiger partial charge in [0.15, 0.2) is 6.61 Å². The molecule has 28 heavy (non-hydrogen) atoms. The number of carbonyl (C=O) groups is 2. The number of aryl methyl sites for hydroxylation is 1. The smallest absolute Gasteiger partial charge is 0.316 e. The zero-order valence-electron chi connectivity index (χ0n) is 15.8. The normalized spacial score (nSPS) is 11.3. The first-order chi connectivity index (χ1) is 13.2. The van der Waals surface area contributed by atoms with Crippen molar-refractivity contribution in [3.05, 3.63) is 54.1 Å². The summed E-state index contributed by atoms with van der Waals surface area (Å²) in [6.45, 7) is 1.23. The van der Waals surface area contributed by atoms with Gasteiger partial charge in [0.05, 0.1) is 10.6 Å². The minimum absolute atomic E-state index is 0.0903. The highest BCUT2D eigenvalue weighted by Gasteiger charge is 2.20. The predicted octanol–water partition coefficient (Wildman–Crippen LogP) is 2.52. The Morgan fingerprint density at radius 1 is 1.11 bits per heavy atom. The quantitative estimate of drug-likeness (QED) is 0.519. The van der Waals surface area contributed by atoms with Gasteiger partial charge < -0.3 is 10.1 Å². The van der Waals surface area contributed by atoms with Gasteiger partial charge in [-0.25, -0.2) is 12.7 Å². The number of sulfonamides is 1. The highest BCUT2D eigenvalue weighted by Crippen LogP contribution is 2.22. The number of hydrogen-bond acceptors (Lipinski definition) is 6. The summed E-state index contributed by atoms with van der Waals surface area (Å²) in [5, 5.41) is 2.54. The van der Waals surface area contributed by atoms with Crippen LogP contribution in [0.15, 0.2) is 58.3 Å². The Kier molecular flexibility index (Phi) is 7.61. The van der Waals surface area contributed by atoms with E-state index in [-0.39, 0.29) is 10.6 Å². The van der Waals surface area contributed by atoms with Gasteiger partial charge in [-0.2, -0.15) is 0 Å². The van der Waals surface area contributed by atoms with E-state index in [0.717, 1.165) is 9.20 Å². The van der Waals surface area contributed by atoms with Gasteiger partial charge >= 0.3 is 5.97 Å². The molecule has 1 amide bonds. The van der Waals surface area contributed by atoms with Crippen LogP contribution in [0.5, 0.6) is 0 Å². The van der Waals surface area contributed by atoms with Crippen LogP contribution >= 0.6 is 11.8 Å². The number of nitrogens with zero attached hydrogens (tertiary/aromatic N) is 1. The average molecular weight is 423 g/mol. The third-order valence-corrected chi connectivity index (χ3v) is 6.64. The molecule has 0 aliphatic carbocycles. The lowest BCUT2D eigenvalue weighted by molar-refractivity contribution is -0.144. The Bertz CT molecular complexity index is 944. The van der Waals surface area contributed by atoms with Crippen LogP contribution in [0.4, 0.5) is 5.69 Å². The van der Waals surface area contributed by atoms with Crippen molar-refractivity contribution >= 4 is 39.3 Å². The first-order valence-electron chi connectivity index (χ1n) is 8.36. The van der Waals surface area contributed by atoms with Crippen LogP contribution in [0.2, 0.25) is 0 Å². The number of anilines is 1. The Morgan fingerprint density at radius 3 is 2.43 bits per heavy atom. The van der Waals surface area contributed by atoms with Crippen LogP contribution < -0.4 is 5.32 Å². The second kappa shape index (κ2) is 9.72. The first-order valence-corrected chi connectivity index (χ1v) is 10.8. The number of amides is 1. The Hall–Kier alpha value is -2.36. The lowest BCUT2D eigenvalue weighted by Gasteiger charge is -2.15. The van der Waals surface area contributed by atoms with Crippen molar-refractivity contribution in [3.63, 3.8) is 0 Å². The molecule has 0 saturated heterocycles. The zero-order valence-corrected chi connectivity index (χ0v) is 17.5. The number of thioether (sulfide) groups is 1. The number of carbonyl (C=O) groups excluding carboxylic acids is 2. The molecule has 0 aromatic heterocycles. The van der Waals surface area contributed by atoms with Crippen molar-refractivity contribution in [1.29, 1.82) is 0 Å². The molecule has 0 fully saturated rings. The van der Waals surface area contributed by atoms with Crippen LogP contribution in [0, 0.1) is 6.92 Å². The van der Waals surface area contributed by atoms with Gasteiger partial charge in [-0.3, -0.25) is 9.59 Å². The molecule has 0 heterocycles. The van der Waals surface area contributed by atoms with E-state index in [2.05, 4.69) is 5.32 Å². The number of nitrogens with one attached hydrogen (secondary N) is 1. The molecule has 9 heteroatoms. The first kappa shape index (κ1) is 21.9. The van der Waals surface area contributed by atoms with Gasteiger partial charge in [-0.1, -0.05) is 24.3 Å². The van der Waals surface area contributed by atoms with Crippen molar-refractivity contribution in [2.75, 3.05) is 31.8 Å². The zero-order chi connectivity index (χ0) is 20.7. The second-order valence-electron chi connectivity index (χ2n) is 6.08. The minimum Gasteiger partial charge on any atom is -0.455 e. The third kappa shape index (κ3) is 6.08. The standard InChI is InChI=1S/C19H22N2O5S2/c1-14-9-10-15(11-17(14)28(24,25)21(2)3)20-18(22)12-26-19(23)13-27-16-7-5-4-6-8-16/h4-11H,12-13H2,1-3H3,(H,20,22). The molecular weight excluding hydrogens is 400 g/mol. The number of hydrogen-bond donors (Lipinski definition) is 1. The fourth-order valence-corrected chi connectivity index (χ4v) is 4.06. The maximum absolute atomic E-state index is 12.3. The lowest BCUT2D eigenvalue weighted by atomic mass is 10.2. The van der Waals surface area contributed by atoms with Gasteiger partial charge in [0.1, 0.15) is 0 Å². The van der Waals surface area contributed by atoms with E-state index in [9.17, 15) is 18.0 Å². The summed E-state index contributed by atoms with van der Waals surface area (Å²) < 4.78 is 30.7. The fraction of sp³-hybridized carbons (Fsp3) is 0.263. The van der Waals surface area contributed by atoms with Crippen molar-refractivity contribution in [3.8, 4) is 0 Å². The van der Waals surface area contributed by atoms with Gasteiger partial charge in [-0.15, -0.1) is 11.8 Å². The van der Waals surface area contributed by atoms with Crippen LogP contribution in [-0.2, 0) is 24.3 Å². The molecule has 2 rings (SSSR count). The van der Waals surface area contributed by atoms with Crippen LogP contribution in [-0.4, -0.2) is 51.1 Å². The Labute approximate surface area is 169 Å². The van der Waals surface area contributed by atoms with Crippen molar-refractivity contribution in [1.82, 2.24) is 4.31 Å². The summed E-state index contributed by atoms with van der Waals surface area (Å²) in [6.07, 6.45) is 0. The van der Waals surface area contributed by atoms with Gasteiger partial charge in [0.25, 0.3) is 5.91 Å². The molecule has 0 spiro atoms. The summed E-state index contributed by atoms with van der Waals surface area (Å²) in [4.78, 5) is 24.8. The van der Waals surface area contributed by atoms with Crippen molar-refractivity contribution in [2.24, 2.45) is 0 Å². The number of rotatable bonds is 8. The molecule has 0 radical (unpaired) electrons. The Morgan fingerprint density at radius 2 is 1.79 bits per heavy atom. The van der Waals surface area contributed by atoms with E-state index in [4.69, 9.17) is 4.74 Å². The fourth-order valence-electron chi connectivity index (χ4n) is 2.20. The van der Waals surface area contributed by atoms with E-state index in [1.807, 2.05) is 30.3 Å². The van der Waals surface area contributed by atoms with Crippen LogP contribution in [0.25, 0.3) is 0 Å². The molecule has 1 N–H and O–H groups in total. The Balaban J connectivity index is 1.90. The summed E-state index contributed by atoms with van der Waals surface area (Å²) in [5.74, 6) is -0.966. The van der Waals surface area contributed by atoms with Gasteiger partial charge in [0.2, 0.25) is 10.0 Å². The molecule has 150 valence electrons. The topological polar surface area (TPSA) is 92.8 Å². The highest BCUT2D eigenvalue weighted by atomic mass is 32.2. The van der Waals surface area contributed by atoms with Crippen molar-refractivity contribution in [2.45, 2.75) is 16.7 Å². The minimum atomic E-state index is -3.63. The number of benzene rings is 2. The molecule has 7 nitrogen and oxygen atoms in total. The monoisotopic (exact) mass is 422 g/mol. The van der Waals surface area contributed by atoms with Gasteiger partial charge in [-0.05, 0) is 36.8 Å². The van der Waals surface area contributed by atoms with E-state index in [1.54, 1.807) is 19.1 Å². The van der Waals surface area contributed by atoms with E-state index in [1.165, 1.54) is 31.9 Å². The lowest BCUT2D eigenvalue weighted by Crippen LogP contribution is -2.24. The van der Waals surface area contributed by atoms with Crippen LogP contribution in [0.3, 0.4) is 0 Å². The molecule has 0 bridgehead atoms. The summed E-state index contributed by atoms with van der Waals surface area (Å²) in [5.41, 5.74) is 0.877. The molecule has 0 atom stereocenters. The molecule has 0 aliphatic rings. The van der Waals surface area contributed by atoms with E-state index >= 15 is 0 Å².